The van der Waals surface area contributed by atoms with E-state index in [2.05, 4.69) is 12.0 Å². The molecule has 6 heteroatoms. The van der Waals surface area contributed by atoms with E-state index in [4.69, 9.17) is 28.9 Å². The van der Waals surface area contributed by atoms with Gasteiger partial charge in [-0.25, -0.2) is 4.68 Å². The predicted octanol–water partition coefficient (Wildman–Crippen LogP) is 3.54. The minimum atomic E-state index is -0.538. The van der Waals surface area contributed by atoms with Gasteiger partial charge in [0.05, 0.1) is 10.7 Å². The van der Waals surface area contributed by atoms with Gasteiger partial charge in [-0.05, 0) is 31.5 Å². The standard InChI is InChI=1S/C14H15Cl2N3O/c1-3-4-11-8(2)13(14(17)20)18-19(11)12-6-5-9(15)7-10(12)16/h5-7H,3-4H2,1-2H3,(H2,17,20). The molecule has 0 saturated heterocycles. The van der Waals surface area contributed by atoms with Crippen LogP contribution in [0.25, 0.3) is 5.69 Å². The molecule has 0 unspecified atom stereocenters. The predicted molar refractivity (Wildman–Crippen MR) is 80.8 cm³/mol. The van der Waals surface area contributed by atoms with Crippen LogP contribution < -0.4 is 5.73 Å². The first-order valence-corrected chi connectivity index (χ1v) is 7.05. The SMILES string of the molecule is CCCc1c(C)c(C(N)=O)nn1-c1ccc(Cl)cc1Cl. The van der Waals surface area contributed by atoms with Crippen molar-refractivity contribution in [3.63, 3.8) is 0 Å². The van der Waals surface area contributed by atoms with Gasteiger partial charge in [-0.1, -0.05) is 36.5 Å². The minimum absolute atomic E-state index is 0.277. The highest BCUT2D eigenvalue weighted by atomic mass is 35.5. The molecule has 0 fully saturated rings. The quantitative estimate of drug-likeness (QED) is 0.938. The molecule has 0 aliphatic heterocycles. The van der Waals surface area contributed by atoms with E-state index in [0.717, 1.165) is 24.1 Å². The van der Waals surface area contributed by atoms with Crippen LogP contribution in [0, 0.1) is 6.92 Å². The summed E-state index contributed by atoms with van der Waals surface area (Å²) >= 11 is 12.1. The van der Waals surface area contributed by atoms with Gasteiger partial charge in [0.2, 0.25) is 0 Å². The Balaban J connectivity index is 2.66. The van der Waals surface area contributed by atoms with Crippen LogP contribution in [0.4, 0.5) is 0 Å². The van der Waals surface area contributed by atoms with Crippen molar-refractivity contribution in [2.75, 3.05) is 0 Å². The Morgan fingerprint density at radius 3 is 2.65 bits per heavy atom. The zero-order valence-electron chi connectivity index (χ0n) is 11.3. The van der Waals surface area contributed by atoms with Crippen LogP contribution in [-0.2, 0) is 6.42 Å². The van der Waals surface area contributed by atoms with Gasteiger partial charge in [-0.15, -0.1) is 0 Å². The fourth-order valence-corrected chi connectivity index (χ4v) is 2.64. The fraction of sp³-hybridized carbons (Fsp3) is 0.286. The molecule has 4 nitrogen and oxygen atoms in total. The van der Waals surface area contributed by atoms with Gasteiger partial charge in [0.25, 0.3) is 5.91 Å². The molecule has 0 bridgehead atoms. The number of benzene rings is 1. The lowest BCUT2D eigenvalue weighted by atomic mass is 10.1. The largest absolute Gasteiger partial charge is 0.364 e. The van der Waals surface area contributed by atoms with Gasteiger partial charge in [0, 0.05) is 16.3 Å². The van der Waals surface area contributed by atoms with Crippen molar-refractivity contribution >= 4 is 29.1 Å². The van der Waals surface area contributed by atoms with E-state index in [1.54, 1.807) is 22.9 Å². The molecule has 2 rings (SSSR count). The average molecular weight is 312 g/mol. The maximum atomic E-state index is 11.5. The molecule has 2 N–H and O–H groups in total. The number of amides is 1. The number of carbonyl (C=O) groups excluding carboxylic acids is 1. The van der Waals surface area contributed by atoms with Gasteiger partial charge in [0.15, 0.2) is 5.69 Å². The fourth-order valence-electron chi connectivity index (χ4n) is 2.15. The maximum absolute atomic E-state index is 11.5. The van der Waals surface area contributed by atoms with Crippen LogP contribution in [-0.4, -0.2) is 15.7 Å². The Morgan fingerprint density at radius 1 is 1.40 bits per heavy atom. The molecule has 20 heavy (non-hydrogen) atoms. The van der Waals surface area contributed by atoms with Crippen molar-refractivity contribution in [2.24, 2.45) is 5.73 Å². The van der Waals surface area contributed by atoms with E-state index < -0.39 is 5.91 Å². The van der Waals surface area contributed by atoms with Crippen molar-refractivity contribution in [3.05, 3.63) is 45.2 Å². The molecule has 0 spiro atoms. The first-order valence-electron chi connectivity index (χ1n) is 6.29. The highest BCUT2D eigenvalue weighted by Crippen LogP contribution is 2.27. The Morgan fingerprint density at radius 2 is 2.10 bits per heavy atom. The monoisotopic (exact) mass is 311 g/mol. The molecule has 0 radical (unpaired) electrons. The Hall–Kier alpha value is -1.52. The first kappa shape index (κ1) is 14.9. The summed E-state index contributed by atoms with van der Waals surface area (Å²) in [6, 6.07) is 5.16. The highest BCUT2D eigenvalue weighted by molar-refractivity contribution is 6.35. The number of hydrogen-bond donors (Lipinski definition) is 1. The Labute approximate surface area is 127 Å². The third-order valence-corrected chi connectivity index (χ3v) is 3.64. The molecule has 2 aromatic rings. The molecular formula is C14H15Cl2N3O. The number of primary amides is 1. The molecule has 0 aliphatic carbocycles. The second-order valence-electron chi connectivity index (χ2n) is 4.54. The van der Waals surface area contributed by atoms with E-state index in [1.807, 2.05) is 6.92 Å². The summed E-state index contributed by atoms with van der Waals surface area (Å²) in [6.45, 7) is 3.91. The lowest BCUT2D eigenvalue weighted by Gasteiger charge is -2.09. The lowest BCUT2D eigenvalue weighted by Crippen LogP contribution is -2.13. The Bertz CT molecular complexity index is 665. The first-order chi connectivity index (χ1) is 9.45. The van der Waals surface area contributed by atoms with E-state index in [-0.39, 0.29) is 5.69 Å². The van der Waals surface area contributed by atoms with Crippen LogP contribution in [0.1, 0.15) is 35.1 Å². The number of nitrogens with zero attached hydrogens (tertiary/aromatic N) is 2. The van der Waals surface area contributed by atoms with Crippen LogP contribution in [0.3, 0.4) is 0 Å². The van der Waals surface area contributed by atoms with Crippen LogP contribution in [0.15, 0.2) is 18.2 Å². The van der Waals surface area contributed by atoms with Gasteiger partial charge in [-0.2, -0.15) is 5.10 Å². The molecule has 1 aromatic heterocycles. The number of nitrogens with two attached hydrogens (primary N) is 1. The summed E-state index contributed by atoms with van der Waals surface area (Å²) in [5.41, 5.74) is 8.06. The minimum Gasteiger partial charge on any atom is -0.364 e. The topological polar surface area (TPSA) is 60.9 Å². The lowest BCUT2D eigenvalue weighted by molar-refractivity contribution is 0.0994. The summed E-state index contributed by atoms with van der Waals surface area (Å²) < 4.78 is 1.68. The number of carbonyl (C=O) groups is 1. The maximum Gasteiger partial charge on any atom is 0.269 e. The molecule has 0 aliphatic rings. The summed E-state index contributed by atoms with van der Waals surface area (Å²) in [5, 5.41) is 5.33. The van der Waals surface area contributed by atoms with Gasteiger partial charge >= 0.3 is 0 Å². The number of rotatable bonds is 4. The van der Waals surface area contributed by atoms with Gasteiger partial charge in [0.1, 0.15) is 0 Å². The second-order valence-corrected chi connectivity index (χ2v) is 5.39. The van der Waals surface area contributed by atoms with Crippen molar-refractivity contribution in [3.8, 4) is 5.69 Å². The zero-order chi connectivity index (χ0) is 14.9. The van der Waals surface area contributed by atoms with E-state index in [9.17, 15) is 4.79 Å². The Kier molecular flexibility index (Phi) is 4.35. The number of aromatic nitrogens is 2. The van der Waals surface area contributed by atoms with Crippen molar-refractivity contribution in [1.29, 1.82) is 0 Å². The van der Waals surface area contributed by atoms with Crippen molar-refractivity contribution in [2.45, 2.75) is 26.7 Å². The van der Waals surface area contributed by atoms with Gasteiger partial charge in [-0.3, -0.25) is 4.79 Å². The van der Waals surface area contributed by atoms with Crippen LogP contribution in [0.2, 0.25) is 10.0 Å². The number of halogens is 2. The molecule has 106 valence electrons. The smallest absolute Gasteiger partial charge is 0.269 e. The molecule has 1 heterocycles. The molecule has 1 amide bonds. The van der Waals surface area contributed by atoms with Crippen LogP contribution in [0.5, 0.6) is 0 Å². The van der Waals surface area contributed by atoms with E-state index in [0.29, 0.717) is 15.7 Å². The van der Waals surface area contributed by atoms with E-state index in [1.165, 1.54) is 0 Å². The van der Waals surface area contributed by atoms with E-state index >= 15 is 0 Å². The third-order valence-electron chi connectivity index (χ3n) is 3.10. The highest BCUT2D eigenvalue weighted by Gasteiger charge is 2.19. The summed E-state index contributed by atoms with van der Waals surface area (Å²) in [4.78, 5) is 11.5. The molecule has 0 saturated carbocycles. The third kappa shape index (κ3) is 2.67. The zero-order valence-corrected chi connectivity index (χ0v) is 12.8. The average Bonchev–Trinajstić information content (AvgIpc) is 2.68. The van der Waals surface area contributed by atoms with Crippen molar-refractivity contribution in [1.82, 2.24) is 9.78 Å². The molecule has 1 aromatic carbocycles. The second kappa shape index (κ2) is 5.85. The molecule has 0 atom stereocenters. The normalized spacial score (nSPS) is 10.8. The summed E-state index contributed by atoms with van der Waals surface area (Å²) in [6.07, 6.45) is 1.71. The van der Waals surface area contributed by atoms with Crippen molar-refractivity contribution < 1.29 is 4.79 Å². The van der Waals surface area contributed by atoms with Crippen LogP contribution >= 0.6 is 23.2 Å². The number of hydrogen-bond acceptors (Lipinski definition) is 2. The summed E-state index contributed by atoms with van der Waals surface area (Å²) in [7, 11) is 0. The summed E-state index contributed by atoms with van der Waals surface area (Å²) in [5.74, 6) is -0.538. The van der Waals surface area contributed by atoms with Gasteiger partial charge < -0.3 is 5.73 Å². The molecular weight excluding hydrogens is 297 g/mol.